The molecule has 0 saturated carbocycles. The Labute approximate surface area is 209 Å². The first-order valence-electron chi connectivity index (χ1n) is 10.6. The number of Topliss-reactive ketones (excluding diaryl/α,β-unsaturated/α-hetero) is 2. The van der Waals surface area contributed by atoms with Gasteiger partial charge in [0.1, 0.15) is 6.54 Å². The number of esters is 1. The van der Waals surface area contributed by atoms with Gasteiger partial charge in [-0.3, -0.25) is 14.4 Å². The third kappa shape index (κ3) is 5.36. The number of ketones is 2. The Hall–Kier alpha value is -2.51. The molecular weight excluding hydrogens is 550 g/mol. The van der Waals surface area contributed by atoms with Crippen LogP contribution in [0, 0.1) is 5.41 Å². The van der Waals surface area contributed by atoms with Crippen LogP contribution in [-0.2, 0) is 22.5 Å². The molecule has 0 fully saturated rings. The van der Waals surface area contributed by atoms with E-state index in [1.54, 1.807) is 24.3 Å². The lowest BCUT2D eigenvalue weighted by Crippen LogP contribution is -2.29. The first kappa shape index (κ1) is 23.6. The average molecular weight is 573 g/mol. The van der Waals surface area contributed by atoms with Gasteiger partial charge < -0.3 is 9.30 Å². The standard InChI is InChI=1S/C26H23Br2NO4/c1-26(2)12-22-20(23(30)13-26)11-21(16-3-7-18(27)8-4-16)29(22)14-25(32)33-15-24(31)17-5-9-19(28)10-6-17/h3-11H,12-15H2,1-2H3. The summed E-state index contributed by atoms with van der Waals surface area (Å²) < 4.78 is 9.00. The summed E-state index contributed by atoms with van der Waals surface area (Å²) >= 11 is 6.78. The SMILES string of the molecule is CC1(C)CC(=O)c2cc(-c3ccc(Br)cc3)n(CC(=O)OCC(=O)c3ccc(Br)cc3)c2C1. The predicted molar refractivity (Wildman–Crippen MR) is 133 cm³/mol. The van der Waals surface area contributed by atoms with E-state index in [-0.39, 0.29) is 30.1 Å². The maximum absolute atomic E-state index is 12.8. The minimum Gasteiger partial charge on any atom is -0.456 e. The molecule has 1 heterocycles. The van der Waals surface area contributed by atoms with Gasteiger partial charge in [0, 0.05) is 37.9 Å². The molecule has 0 unspecified atom stereocenters. The highest BCUT2D eigenvalue weighted by molar-refractivity contribution is 9.10. The number of carbonyl (C=O) groups excluding carboxylic acids is 3. The van der Waals surface area contributed by atoms with Crippen LogP contribution in [0.25, 0.3) is 11.3 Å². The highest BCUT2D eigenvalue weighted by atomic mass is 79.9. The molecule has 0 radical (unpaired) electrons. The first-order valence-corrected chi connectivity index (χ1v) is 12.2. The molecule has 1 aliphatic carbocycles. The number of carbonyl (C=O) groups is 3. The fourth-order valence-corrected chi connectivity index (χ4v) is 4.68. The number of fused-ring (bicyclic) bond motifs is 1. The van der Waals surface area contributed by atoms with E-state index in [0.29, 0.717) is 24.0 Å². The number of benzene rings is 2. The fourth-order valence-electron chi connectivity index (χ4n) is 4.15. The van der Waals surface area contributed by atoms with Crippen molar-refractivity contribution in [2.45, 2.75) is 33.2 Å². The Kier molecular flexibility index (Phi) is 6.73. The third-order valence-corrected chi connectivity index (χ3v) is 6.81. The summed E-state index contributed by atoms with van der Waals surface area (Å²) in [7, 11) is 0. The van der Waals surface area contributed by atoms with Gasteiger partial charge in [-0.2, -0.15) is 0 Å². The van der Waals surface area contributed by atoms with Gasteiger partial charge in [0.25, 0.3) is 0 Å². The van der Waals surface area contributed by atoms with E-state index in [9.17, 15) is 14.4 Å². The maximum Gasteiger partial charge on any atom is 0.326 e. The zero-order valence-corrected chi connectivity index (χ0v) is 21.5. The van der Waals surface area contributed by atoms with Gasteiger partial charge in [-0.15, -0.1) is 0 Å². The molecule has 1 aliphatic rings. The van der Waals surface area contributed by atoms with Crippen molar-refractivity contribution >= 4 is 49.4 Å². The Morgan fingerprint density at radius 2 is 1.58 bits per heavy atom. The van der Waals surface area contributed by atoms with Crippen molar-refractivity contribution in [2.75, 3.05) is 6.61 Å². The van der Waals surface area contributed by atoms with E-state index >= 15 is 0 Å². The molecule has 0 saturated heterocycles. The van der Waals surface area contributed by atoms with E-state index in [1.165, 1.54) is 0 Å². The number of aromatic nitrogens is 1. The smallest absolute Gasteiger partial charge is 0.326 e. The first-order chi connectivity index (χ1) is 15.6. The highest BCUT2D eigenvalue weighted by Crippen LogP contribution is 2.38. The second kappa shape index (κ2) is 9.39. The lowest BCUT2D eigenvalue weighted by molar-refractivity contribution is -0.143. The molecule has 5 nitrogen and oxygen atoms in total. The van der Waals surface area contributed by atoms with E-state index in [2.05, 4.69) is 45.7 Å². The second-order valence-corrected chi connectivity index (χ2v) is 10.8. The van der Waals surface area contributed by atoms with E-state index in [0.717, 1.165) is 25.9 Å². The minimum atomic E-state index is -0.520. The van der Waals surface area contributed by atoms with Crippen LogP contribution in [0.3, 0.4) is 0 Å². The molecule has 0 bridgehead atoms. The molecule has 7 heteroatoms. The van der Waals surface area contributed by atoms with Crippen LogP contribution in [0.5, 0.6) is 0 Å². The Morgan fingerprint density at radius 1 is 0.970 bits per heavy atom. The molecule has 4 rings (SSSR count). The monoisotopic (exact) mass is 571 g/mol. The topological polar surface area (TPSA) is 65.4 Å². The number of nitrogens with zero attached hydrogens (tertiary/aromatic N) is 1. The lowest BCUT2D eigenvalue weighted by Gasteiger charge is -2.29. The predicted octanol–water partition coefficient (Wildman–Crippen LogP) is 6.26. The highest BCUT2D eigenvalue weighted by Gasteiger charge is 2.35. The molecule has 0 N–H and O–H groups in total. The summed E-state index contributed by atoms with van der Waals surface area (Å²) in [6.07, 6.45) is 1.14. The molecule has 1 aromatic heterocycles. The molecule has 33 heavy (non-hydrogen) atoms. The molecule has 0 aliphatic heterocycles. The number of ether oxygens (including phenoxy) is 1. The lowest BCUT2D eigenvalue weighted by atomic mass is 9.76. The number of halogens is 2. The van der Waals surface area contributed by atoms with Crippen LogP contribution in [0.1, 0.15) is 46.7 Å². The molecule has 0 amide bonds. The number of rotatable bonds is 6. The molecule has 2 aromatic carbocycles. The van der Waals surface area contributed by atoms with Gasteiger partial charge in [0.15, 0.2) is 18.2 Å². The van der Waals surface area contributed by atoms with Gasteiger partial charge in [-0.05, 0) is 47.7 Å². The van der Waals surface area contributed by atoms with Crippen LogP contribution >= 0.6 is 31.9 Å². The van der Waals surface area contributed by atoms with Crippen molar-refractivity contribution in [3.05, 3.63) is 80.4 Å². The summed E-state index contributed by atoms with van der Waals surface area (Å²) in [5, 5.41) is 0. The van der Waals surface area contributed by atoms with Crippen molar-refractivity contribution < 1.29 is 19.1 Å². The number of hydrogen-bond donors (Lipinski definition) is 0. The van der Waals surface area contributed by atoms with E-state index in [1.807, 2.05) is 34.9 Å². The summed E-state index contributed by atoms with van der Waals surface area (Å²) in [5.74, 6) is -0.708. The Bertz CT molecular complexity index is 1220. The molecule has 0 atom stereocenters. The summed E-state index contributed by atoms with van der Waals surface area (Å²) in [6.45, 7) is 3.71. The van der Waals surface area contributed by atoms with Crippen LogP contribution in [-0.4, -0.2) is 28.7 Å². The molecule has 0 spiro atoms. The molecule has 3 aromatic rings. The average Bonchev–Trinajstić information content (AvgIpc) is 3.10. The molecular formula is C26H23Br2NO4. The van der Waals surface area contributed by atoms with Crippen LogP contribution in [0.2, 0.25) is 0 Å². The van der Waals surface area contributed by atoms with Gasteiger partial charge in [0.05, 0.1) is 0 Å². The quantitative estimate of drug-likeness (QED) is 0.258. The van der Waals surface area contributed by atoms with Crippen LogP contribution in [0.4, 0.5) is 0 Å². The largest absolute Gasteiger partial charge is 0.456 e. The summed E-state index contributed by atoms with van der Waals surface area (Å²) in [5.41, 5.74) is 3.47. The van der Waals surface area contributed by atoms with Crippen LogP contribution < -0.4 is 0 Å². The van der Waals surface area contributed by atoms with Crippen molar-refractivity contribution in [3.63, 3.8) is 0 Å². The zero-order chi connectivity index (χ0) is 23.8. The van der Waals surface area contributed by atoms with Crippen molar-refractivity contribution in [1.82, 2.24) is 4.57 Å². The van der Waals surface area contributed by atoms with Crippen molar-refractivity contribution in [3.8, 4) is 11.3 Å². The van der Waals surface area contributed by atoms with Gasteiger partial charge in [0.2, 0.25) is 0 Å². The van der Waals surface area contributed by atoms with Gasteiger partial charge in [-0.25, -0.2) is 0 Å². The zero-order valence-electron chi connectivity index (χ0n) is 18.4. The Balaban J connectivity index is 1.59. The van der Waals surface area contributed by atoms with Crippen LogP contribution in [0.15, 0.2) is 63.5 Å². The number of hydrogen-bond acceptors (Lipinski definition) is 4. The van der Waals surface area contributed by atoms with Gasteiger partial charge >= 0.3 is 5.97 Å². The molecule has 170 valence electrons. The summed E-state index contributed by atoms with van der Waals surface area (Å²) in [4.78, 5) is 38.0. The normalized spacial score (nSPS) is 14.6. The van der Waals surface area contributed by atoms with Crippen molar-refractivity contribution in [1.29, 1.82) is 0 Å². The third-order valence-electron chi connectivity index (χ3n) is 5.75. The van der Waals surface area contributed by atoms with Gasteiger partial charge in [-0.1, -0.05) is 70.0 Å². The minimum absolute atomic E-state index is 0.0717. The summed E-state index contributed by atoms with van der Waals surface area (Å²) in [6, 6.07) is 16.5. The maximum atomic E-state index is 12.8. The Morgan fingerprint density at radius 3 is 2.21 bits per heavy atom. The second-order valence-electron chi connectivity index (χ2n) is 9.01. The van der Waals surface area contributed by atoms with E-state index < -0.39 is 5.97 Å². The van der Waals surface area contributed by atoms with Crippen molar-refractivity contribution in [2.24, 2.45) is 5.41 Å². The van der Waals surface area contributed by atoms with E-state index in [4.69, 9.17) is 4.74 Å². The fraction of sp³-hybridized carbons (Fsp3) is 0.269.